The van der Waals surface area contributed by atoms with Gasteiger partial charge in [0, 0.05) is 0 Å². The molecule has 0 rings (SSSR count). The predicted octanol–water partition coefficient (Wildman–Crippen LogP) is 1.67. The van der Waals surface area contributed by atoms with E-state index in [0.717, 1.165) is 0 Å². The summed E-state index contributed by atoms with van der Waals surface area (Å²) in [7, 11) is 5.55. The van der Waals surface area contributed by atoms with Crippen molar-refractivity contribution >= 4 is 23.3 Å². The van der Waals surface area contributed by atoms with Crippen LogP contribution in [0.2, 0.25) is 0 Å². The molecule has 0 saturated heterocycles. The molecule has 0 saturated carbocycles. The number of hydrogen-bond acceptors (Lipinski definition) is 0. The Bertz CT molecular complexity index is 52.6. The third-order valence-electron chi connectivity index (χ3n) is 0.450. The summed E-state index contributed by atoms with van der Waals surface area (Å²) >= 11 is -1.16. The van der Waals surface area contributed by atoms with Crippen LogP contribution in [-0.2, 0) is 0 Å². The molecule has 0 nitrogen and oxygen atoms in total. The molecule has 0 aliphatic heterocycles. The zero-order chi connectivity index (χ0) is 4.99. The second-order valence-electron chi connectivity index (χ2n) is 0.916. The van der Waals surface area contributed by atoms with Gasteiger partial charge in [-0.15, -0.1) is 23.0 Å². The highest BCUT2D eigenvalue weighted by Gasteiger charge is 1.98. The summed E-state index contributed by atoms with van der Waals surface area (Å²) < 4.78 is 0. The Morgan fingerprint density at radius 2 is 1.67 bits per heavy atom. The van der Waals surface area contributed by atoms with Gasteiger partial charge in [-0.3, -0.25) is 0 Å². The molecule has 0 amide bonds. The summed E-state index contributed by atoms with van der Waals surface area (Å²) in [5, 5.41) is 0. The molecular formula is C4H6AlCl. The van der Waals surface area contributed by atoms with Crippen molar-refractivity contribution in [2.24, 2.45) is 0 Å². The molecular weight excluding hydrogens is 110 g/mol. The van der Waals surface area contributed by atoms with Crippen molar-refractivity contribution in [2.75, 3.05) is 0 Å². The lowest BCUT2D eigenvalue weighted by atomic mass is 11.2. The Labute approximate surface area is 46.7 Å². The third kappa shape index (κ3) is 2.53. The quantitative estimate of drug-likeness (QED) is 0.482. The minimum Gasteiger partial charge on any atom is -0.247 e. The van der Waals surface area contributed by atoms with Gasteiger partial charge in [-0.05, 0) is 0 Å². The van der Waals surface area contributed by atoms with Crippen LogP contribution >= 0.6 is 10.0 Å². The van der Waals surface area contributed by atoms with Crippen LogP contribution in [0.15, 0.2) is 23.0 Å². The molecule has 0 bridgehead atoms. The van der Waals surface area contributed by atoms with Crippen LogP contribution < -0.4 is 0 Å². The van der Waals surface area contributed by atoms with E-state index < -0.39 is 13.2 Å². The van der Waals surface area contributed by atoms with E-state index in [9.17, 15) is 0 Å². The molecule has 0 unspecified atom stereocenters. The van der Waals surface area contributed by atoms with E-state index in [-0.39, 0.29) is 0 Å². The minimum absolute atomic E-state index is 1.16. The smallest absolute Gasteiger partial charge is 0.247 e. The van der Waals surface area contributed by atoms with Crippen LogP contribution in [0.1, 0.15) is 0 Å². The highest BCUT2D eigenvalue weighted by atomic mass is 35.6. The van der Waals surface area contributed by atoms with Crippen molar-refractivity contribution in [1.82, 2.24) is 0 Å². The normalized spacial score (nSPS) is 6.83. The zero-order valence-corrected chi connectivity index (χ0v) is 5.43. The second kappa shape index (κ2) is 3.49. The number of rotatable bonds is 2. The summed E-state index contributed by atoms with van der Waals surface area (Å²) in [6, 6.07) is 0. The highest BCUT2D eigenvalue weighted by molar-refractivity contribution is 7.12. The van der Waals surface area contributed by atoms with E-state index in [0.29, 0.717) is 0 Å². The van der Waals surface area contributed by atoms with Crippen molar-refractivity contribution in [3.05, 3.63) is 23.0 Å². The fourth-order valence-electron chi connectivity index (χ4n) is 0.0962. The SMILES string of the molecule is C=[CH][Al]([Cl])[CH]=C. The third-order valence-corrected chi connectivity index (χ3v) is 2.42. The van der Waals surface area contributed by atoms with E-state index in [1.807, 2.05) is 0 Å². The fraction of sp³-hybridized carbons (Fsp3) is 0. The maximum Gasteiger partial charge on any atom is 0.458 e. The standard InChI is InChI=1S/2C2H3.Al.ClH/c2*1-2;;/h2*1H,2H2;;1H/q;;+1;/p-1. The maximum atomic E-state index is 5.55. The van der Waals surface area contributed by atoms with E-state index in [4.69, 9.17) is 10.0 Å². The van der Waals surface area contributed by atoms with Gasteiger partial charge >= 0.3 is 13.2 Å². The van der Waals surface area contributed by atoms with Gasteiger partial charge in [0.25, 0.3) is 0 Å². The first-order valence-corrected chi connectivity index (χ1v) is 4.78. The van der Waals surface area contributed by atoms with E-state index >= 15 is 0 Å². The van der Waals surface area contributed by atoms with E-state index in [1.54, 1.807) is 9.88 Å². The lowest BCUT2D eigenvalue weighted by molar-refractivity contribution is 2.41. The topological polar surface area (TPSA) is 0 Å². The summed E-state index contributed by atoms with van der Waals surface area (Å²) in [6.07, 6.45) is 0. The Morgan fingerprint density at radius 1 is 1.33 bits per heavy atom. The lowest BCUT2D eigenvalue weighted by Gasteiger charge is -1.74. The minimum atomic E-state index is -1.16. The summed E-state index contributed by atoms with van der Waals surface area (Å²) in [4.78, 5) is 3.52. The van der Waals surface area contributed by atoms with Crippen molar-refractivity contribution in [3.8, 4) is 0 Å². The van der Waals surface area contributed by atoms with Crippen molar-refractivity contribution < 1.29 is 0 Å². The average Bonchev–Trinajstić information content (AvgIpc) is 1.65. The molecule has 0 atom stereocenters. The molecule has 32 valence electrons. The average molecular weight is 117 g/mol. The van der Waals surface area contributed by atoms with Crippen LogP contribution in [0.5, 0.6) is 0 Å². The first kappa shape index (κ1) is 6.30. The molecule has 0 aromatic rings. The molecule has 0 heterocycles. The van der Waals surface area contributed by atoms with Gasteiger partial charge in [0.2, 0.25) is 0 Å². The molecule has 0 radical (unpaired) electrons. The van der Waals surface area contributed by atoms with Gasteiger partial charge in [-0.1, -0.05) is 0 Å². The van der Waals surface area contributed by atoms with Crippen molar-refractivity contribution in [1.29, 1.82) is 0 Å². The Hall–Kier alpha value is 0.302. The van der Waals surface area contributed by atoms with Crippen LogP contribution in [0.4, 0.5) is 0 Å². The van der Waals surface area contributed by atoms with Crippen molar-refractivity contribution in [3.63, 3.8) is 0 Å². The molecule has 0 aliphatic rings. The summed E-state index contributed by atoms with van der Waals surface area (Å²) in [5.41, 5.74) is 0. The summed E-state index contributed by atoms with van der Waals surface area (Å²) in [5.74, 6) is 0. The first-order valence-electron chi connectivity index (χ1n) is 1.70. The largest absolute Gasteiger partial charge is 0.458 e. The van der Waals surface area contributed by atoms with Crippen LogP contribution in [0, 0.1) is 0 Å². The fourth-order valence-corrected chi connectivity index (χ4v) is 0.289. The molecule has 0 N–H and O–H groups in total. The molecule has 0 spiro atoms. The number of halogens is 1. The summed E-state index contributed by atoms with van der Waals surface area (Å²) in [6.45, 7) is 6.98. The lowest BCUT2D eigenvalue weighted by Crippen LogP contribution is -1.88. The van der Waals surface area contributed by atoms with Gasteiger partial charge in [0.1, 0.15) is 0 Å². The Morgan fingerprint density at radius 3 is 1.67 bits per heavy atom. The molecule has 0 aromatic heterocycles. The van der Waals surface area contributed by atoms with Crippen LogP contribution in [0.25, 0.3) is 0 Å². The highest BCUT2D eigenvalue weighted by Crippen LogP contribution is 1.87. The maximum absolute atomic E-state index is 5.55. The number of hydrogen-bond donors (Lipinski definition) is 0. The molecule has 2 heteroatoms. The van der Waals surface area contributed by atoms with Gasteiger partial charge in [0.05, 0.1) is 0 Å². The first-order chi connectivity index (χ1) is 2.81. The van der Waals surface area contributed by atoms with Crippen LogP contribution in [-0.4, -0.2) is 13.2 Å². The van der Waals surface area contributed by atoms with E-state index in [2.05, 4.69) is 13.2 Å². The van der Waals surface area contributed by atoms with Gasteiger partial charge in [-0.2, -0.15) is 0 Å². The Kier molecular flexibility index (Phi) is 3.67. The van der Waals surface area contributed by atoms with Crippen molar-refractivity contribution in [2.45, 2.75) is 0 Å². The van der Waals surface area contributed by atoms with Gasteiger partial charge in [-0.25, -0.2) is 10.0 Å². The monoisotopic (exact) mass is 116 g/mol. The zero-order valence-electron chi connectivity index (χ0n) is 3.52. The molecule has 0 aliphatic carbocycles. The Balaban J connectivity index is 3.21. The predicted molar refractivity (Wildman–Crippen MR) is 32.0 cm³/mol. The van der Waals surface area contributed by atoms with Gasteiger partial charge in [0.15, 0.2) is 0 Å². The van der Waals surface area contributed by atoms with Gasteiger partial charge < -0.3 is 0 Å². The molecule has 0 aromatic carbocycles. The van der Waals surface area contributed by atoms with E-state index in [1.165, 1.54) is 0 Å². The second-order valence-corrected chi connectivity index (χ2v) is 4.26. The molecule has 0 fully saturated rings. The van der Waals surface area contributed by atoms with Crippen LogP contribution in [0.3, 0.4) is 0 Å². The molecule has 6 heavy (non-hydrogen) atoms.